The molecule has 0 spiro atoms. The molecule has 2 rings (SSSR count). The van der Waals surface area contributed by atoms with Gasteiger partial charge in [-0.2, -0.15) is 0 Å². The van der Waals surface area contributed by atoms with Crippen LogP contribution in [0.1, 0.15) is 16.1 Å². The van der Waals surface area contributed by atoms with Crippen LogP contribution in [-0.2, 0) is 6.54 Å². The van der Waals surface area contributed by atoms with Crippen molar-refractivity contribution >= 4 is 5.78 Å². The minimum atomic E-state index is -0.228. The highest BCUT2D eigenvalue weighted by Gasteiger charge is 2.15. The Hall–Kier alpha value is -2.41. The SMILES string of the molecule is COc1ccc(C(=O)c2cn(CCN)nn2)cc1OC. The Labute approximate surface area is 116 Å². The summed E-state index contributed by atoms with van der Waals surface area (Å²) in [5, 5.41) is 7.68. The molecule has 0 saturated heterocycles. The van der Waals surface area contributed by atoms with Crippen molar-refractivity contribution in [3.05, 3.63) is 35.7 Å². The second-order valence-corrected chi connectivity index (χ2v) is 4.05. The van der Waals surface area contributed by atoms with E-state index in [1.165, 1.54) is 18.9 Å². The van der Waals surface area contributed by atoms with Crippen LogP contribution < -0.4 is 15.2 Å². The summed E-state index contributed by atoms with van der Waals surface area (Å²) >= 11 is 0. The summed E-state index contributed by atoms with van der Waals surface area (Å²) in [6.45, 7) is 0.958. The molecule has 106 valence electrons. The molecule has 0 atom stereocenters. The lowest BCUT2D eigenvalue weighted by Crippen LogP contribution is -2.10. The zero-order valence-electron chi connectivity index (χ0n) is 11.4. The van der Waals surface area contributed by atoms with Crippen LogP contribution in [0.15, 0.2) is 24.4 Å². The number of ketones is 1. The smallest absolute Gasteiger partial charge is 0.215 e. The Morgan fingerprint density at radius 2 is 2.05 bits per heavy atom. The topological polar surface area (TPSA) is 92.3 Å². The molecule has 0 aliphatic heterocycles. The summed E-state index contributed by atoms with van der Waals surface area (Å²) in [7, 11) is 3.06. The van der Waals surface area contributed by atoms with E-state index in [9.17, 15) is 4.79 Å². The minimum Gasteiger partial charge on any atom is -0.493 e. The quantitative estimate of drug-likeness (QED) is 0.772. The number of nitrogens with two attached hydrogens (primary N) is 1. The van der Waals surface area contributed by atoms with Crippen molar-refractivity contribution in [2.24, 2.45) is 5.73 Å². The van der Waals surface area contributed by atoms with Crippen LogP contribution in [0.25, 0.3) is 0 Å². The number of ether oxygens (including phenoxy) is 2. The molecule has 1 heterocycles. The second-order valence-electron chi connectivity index (χ2n) is 4.05. The molecule has 1 aromatic heterocycles. The number of benzene rings is 1. The summed E-state index contributed by atoms with van der Waals surface area (Å²) in [4.78, 5) is 12.3. The number of carbonyl (C=O) groups excluding carboxylic acids is 1. The molecule has 0 saturated carbocycles. The molecule has 20 heavy (non-hydrogen) atoms. The molecule has 2 N–H and O–H groups in total. The van der Waals surface area contributed by atoms with Gasteiger partial charge in [0.15, 0.2) is 17.2 Å². The van der Waals surface area contributed by atoms with E-state index in [1.807, 2.05) is 0 Å². The lowest BCUT2D eigenvalue weighted by Gasteiger charge is -2.08. The Balaban J connectivity index is 2.27. The fourth-order valence-corrected chi connectivity index (χ4v) is 1.77. The zero-order chi connectivity index (χ0) is 14.5. The van der Waals surface area contributed by atoms with Crippen molar-refractivity contribution in [1.82, 2.24) is 15.0 Å². The van der Waals surface area contributed by atoms with Gasteiger partial charge >= 0.3 is 0 Å². The lowest BCUT2D eigenvalue weighted by atomic mass is 10.1. The van der Waals surface area contributed by atoms with Crippen molar-refractivity contribution in [3.63, 3.8) is 0 Å². The third kappa shape index (κ3) is 2.77. The minimum absolute atomic E-state index is 0.228. The third-order valence-corrected chi connectivity index (χ3v) is 2.78. The Bertz CT molecular complexity index is 609. The summed E-state index contributed by atoms with van der Waals surface area (Å²) in [6, 6.07) is 4.95. The van der Waals surface area contributed by atoms with E-state index in [-0.39, 0.29) is 11.5 Å². The van der Waals surface area contributed by atoms with Crippen LogP contribution in [0.2, 0.25) is 0 Å². The fourth-order valence-electron chi connectivity index (χ4n) is 1.77. The van der Waals surface area contributed by atoms with Gasteiger partial charge in [-0.05, 0) is 18.2 Å². The molecule has 0 fully saturated rings. The summed E-state index contributed by atoms with van der Waals surface area (Å²) in [5.41, 5.74) is 6.15. The summed E-state index contributed by atoms with van der Waals surface area (Å²) in [6.07, 6.45) is 1.58. The highest BCUT2D eigenvalue weighted by molar-refractivity contribution is 6.07. The van der Waals surface area contributed by atoms with Gasteiger partial charge in [0.2, 0.25) is 5.78 Å². The van der Waals surface area contributed by atoms with Crippen LogP contribution in [0, 0.1) is 0 Å². The van der Waals surface area contributed by atoms with Crippen molar-refractivity contribution in [3.8, 4) is 11.5 Å². The van der Waals surface area contributed by atoms with Crippen LogP contribution in [0.3, 0.4) is 0 Å². The maximum absolute atomic E-state index is 12.3. The third-order valence-electron chi connectivity index (χ3n) is 2.78. The van der Waals surface area contributed by atoms with Crippen molar-refractivity contribution in [1.29, 1.82) is 0 Å². The first-order chi connectivity index (χ1) is 9.69. The molecule has 7 nitrogen and oxygen atoms in total. The zero-order valence-corrected chi connectivity index (χ0v) is 11.4. The standard InChI is InChI=1S/C13H16N4O3/c1-19-11-4-3-9(7-12(11)20-2)13(18)10-8-17(6-5-14)16-15-10/h3-4,7-8H,5-6,14H2,1-2H3. The fraction of sp³-hybridized carbons (Fsp3) is 0.308. The van der Waals surface area contributed by atoms with Crippen LogP contribution >= 0.6 is 0 Å². The highest BCUT2D eigenvalue weighted by Crippen LogP contribution is 2.28. The van der Waals surface area contributed by atoms with E-state index in [0.29, 0.717) is 30.2 Å². The highest BCUT2D eigenvalue weighted by atomic mass is 16.5. The van der Waals surface area contributed by atoms with Gasteiger partial charge in [0.25, 0.3) is 0 Å². The first-order valence-electron chi connectivity index (χ1n) is 6.06. The number of hydrogen-bond acceptors (Lipinski definition) is 6. The second kappa shape index (κ2) is 6.16. The van der Waals surface area contributed by atoms with Gasteiger partial charge in [0.1, 0.15) is 0 Å². The van der Waals surface area contributed by atoms with E-state index >= 15 is 0 Å². The monoisotopic (exact) mass is 276 g/mol. The first-order valence-corrected chi connectivity index (χ1v) is 6.06. The van der Waals surface area contributed by atoms with Gasteiger partial charge in [-0.3, -0.25) is 9.48 Å². The summed E-state index contributed by atoms with van der Waals surface area (Å²) in [5.74, 6) is 0.831. The molecule has 1 aromatic carbocycles. The maximum Gasteiger partial charge on any atom is 0.215 e. The van der Waals surface area contributed by atoms with Crippen LogP contribution in [0.4, 0.5) is 0 Å². The van der Waals surface area contributed by atoms with E-state index in [4.69, 9.17) is 15.2 Å². The van der Waals surface area contributed by atoms with E-state index < -0.39 is 0 Å². The van der Waals surface area contributed by atoms with E-state index in [0.717, 1.165) is 0 Å². The molecular weight excluding hydrogens is 260 g/mol. The van der Waals surface area contributed by atoms with E-state index in [2.05, 4.69) is 10.3 Å². The van der Waals surface area contributed by atoms with Crippen LogP contribution in [0.5, 0.6) is 11.5 Å². The average Bonchev–Trinajstić information content (AvgIpc) is 2.94. The molecular formula is C13H16N4O3. The molecule has 0 bridgehead atoms. The average molecular weight is 276 g/mol. The molecule has 0 aliphatic carbocycles. The van der Waals surface area contributed by atoms with Crippen molar-refractivity contribution < 1.29 is 14.3 Å². The van der Waals surface area contributed by atoms with Crippen molar-refractivity contribution in [2.45, 2.75) is 6.54 Å². The Morgan fingerprint density at radius 3 is 2.70 bits per heavy atom. The number of hydrogen-bond donors (Lipinski definition) is 1. The largest absolute Gasteiger partial charge is 0.493 e. The number of nitrogens with zero attached hydrogens (tertiary/aromatic N) is 3. The Morgan fingerprint density at radius 1 is 1.30 bits per heavy atom. The van der Waals surface area contributed by atoms with Crippen LogP contribution in [-0.4, -0.2) is 41.5 Å². The van der Waals surface area contributed by atoms with Gasteiger partial charge in [0.05, 0.1) is 27.0 Å². The summed E-state index contributed by atoms with van der Waals surface area (Å²) < 4.78 is 11.8. The normalized spacial score (nSPS) is 10.3. The predicted octanol–water partition coefficient (Wildman–Crippen LogP) is 0.485. The molecule has 0 amide bonds. The number of methoxy groups -OCH3 is 2. The van der Waals surface area contributed by atoms with E-state index in [1.54, 1.807) is 24.4 Å². The molecule has 2 aromatic rings. The first kappa shape index (κ1) is 14.0. The number of rotatable bonds is 6. The van der Waals surface area contributed by atoms with Gasteiger partial charge in [0, 0.05) is 12.1 Å². The van der Waals surface area contributed by atoms with Gasteiger partial charge < -0.3 is 15.2 Å². The van der Waals surface area contributed by atoms with Crippen molar-refractivity contribution in [2.75, 3.05) is 20.8 Å². The molecule has 0 unspecified atom stereocenters. The Kier molecular flexibility index (Phi) is 4.31. The molecule has 0 radical (unpaired) electrons. The number of carbonyl (C=O) groups is 1. The number of aromatic nitrogens is 3. The predicted molar refractivity (Wildman–Crippen MR) is 72.1 cm³/mol. The van der Waals surface area contributed by atoms with Gasteiger partial charge in [-0.1, -0.05) is 5.21 Å². The van der Waals surface area contributed by atoms with Gasteiger partial charge in [-0.15, -0.1) is 5.10 Å². The van der Waals surface area contributed by atoms with Gasteiger partial charge in [-0.25, -0.2) is 0 Å². The maximum atomic E-state index is 12.3. The molecule has 0 aliphatic rings. The lowest BCUT2D eigenvalue weighted by molar-refractivity contribution is 0.103. The molecule has 7 heteroatoms.